The molecule has 0 aromatic carbocycles. The molecule has 3 aromatic rings. The lowest BCUT2D eigenvalue weighted by atomic mass is 9.93. The number of amides is 1. The van der Waals surface area contributed by atoms with Crippen LogP contribution in [0.4, 0.5) is 0 Å². The summed E-state index contributed by atoms with van der Waals surface area (Å²) in [6.45, 7) is 0.234. The molecule has 2 aliphatic rings. The Balaban J connectivity index is 0.0000107. The van der Waals surface area contributed by atoms with Crippen LogP contribution in [0.2, 0.25) is 0 Å². The quantitative estimate of drug-likeness (QED) is 0.0366. The van der Waals surface area contributed by atoms with E-state index in [1.54, 1.807) is 6.08 Å². The lowest BCUT2D eigenvalue weighted by molar-refractivity contribution is -0.387. The second-order valence-corrected chi connectivity index (χ2v) is 16.1. The number of halogens is 1. The van der Waals surface area contributed by atoms with Crippen molar-refractivity contribution in [2.75, 3.05) is 49.8 Å². The third kappa shape index (κ3) is 13.8. The molecule has 5 heterocycles. The molecular formula is C48H58BrN5O16. The van der Waals surface area contributed by atoms with E-state index in [0.717, 1.165) is 16.8 Å². The first-order valence-corrected chi connectivity index (χ1v) is 22.0. The number of esters is 7. The van der Waals surface area contributed by atoms with Gasteiger partial charge in [-0.2, -0.15) is 0 Å². The van der Waals surface area contributed by atoms with Gasteiger partial charge in [-0.3, -0.25) is 43.2 Å². The van der Waals surface area contributed by atoms with Crippen molar-refractivity contribution < 1.29 is 98.3 Å². The highest BCUT2D eigenvalue weighted by molar-refractivity contribution is 6.04. The van der Waals surface area contributed by atoms with Crippen LogP contribution in [0.5, 0.6) is 0 Å². The second-order valence-electron chi connectivity index (χ2n) is 16.1. The number of H-pyrrole nitrogens is 3. The summed E-state index contributed by atoms with van der Waals surface area (Å²) in [7, 11) is 8.73. The molecule has 378 valence electrons. The molecule has 2 aliphatic heterocycles. The molecular weight excluding hydrogens is 982 g/mol. The Morgan fingerprint density at radius 1 is 0.529 bits per heavy atom. The molecule has 21 nitrogen and oxygen atoms in total. The SMILES string of the molecule is COC(=O)CCC1=C(CC(=O)OC)C(Cc2[nH]c(C=O)c(CCC(=O)OC)c2CC(=O)OC)=[NH+]/C1=C/c1[nH]c(Cc2[nH]c3c(c2CCC(=O)OC)CC(=O)NC3)c(CC(=O)OC)c1CCC(=O)OC.[Br-]. The van der Waals surface area contributed by atoms with Crippen molar-refractivity contribution in [1.82, 2.24) is 20.3 Å². The number of aldehydes is 1. The van der Waals surface area contributed by atoms with Gasteiger partial charge in [-0.05, 0) is 59.1 Å². The van der Waals surface area contributed by atoms with Gasteiger partial charge in [0.15, 0.2) is 12.0 Å². The Kier molecular flexibility index (Phi) is 20.6. The zero-order valence-corrected chi connectivity index (χ0v) is 41.8. The van der Waals surface area contributed by atoms with E-state index in [0.29, 0.717) is 73.9 Å². The molecule has 0 fully saturated rings. The van der Waals surface area contributed by atoms with E-state index in [9.17, 15) is 43.2 Å². The van der Waals surface area contributed by atoms with Crippen molar-refractivity contribution in [2.24, 2.45) is 0 Å². The van der Waals surface area contributed by atoms with Crippen LogP contribution in [0.3, 0.4) is 0 Å². The van der Waals surface area contributed by atoms with Crippen molar-refractivity contribution in [3.63, 3.8) is 0 Å². The summed E-state index contributed by atoms with van der Waals surface area (Å²) >= 11 is 0. The van der Waals surface area contributed by atoms with Gasteiger partial charge in [0, 0.05) is 77.8 Å². The van der Waals surface area contributed by atoms with Crippen LogP contribution in [0.15, 0.2) is 16.8 Å². The average molecular weight is 1040 g/mol. The Labute approximate surface area is 413 Å². The Morgan fingerprint density at radius 2 is 0.971 bits per heavy atom. The number of carbonyl (C=O) groups excluding carboxylic acids is 9. The molecule has 22 heteroatoms. The minimum atomic E-state index is -0.621. The van der Waals surface area contributed by atoms with Crippen molar-refractivity contribution >= 4 is 65.8 Å². The maximum atomic E-state index is 13.2. The largest absolute Gasteiger partial charge is 1.00 e. The van der Waals surface area contributed by atoms with E-state index in [2.05, 4.69) is 25.3 Å². The Morgan fingerprint density at radius 3 is 1.49 bits per heavy atom. The fraction of sp³-hybridized carbons (Fsp3) is 0.458. The second kappa shape index (κ2) is 26.0. The third-order valence-electron chi connectivity index (χ3n) is 12.2. The predicted molar refractivity (Wildman–Crippen MR) is 241 cm³/mol. The molecule has 0 saturated heterocycles. The van der Waals surface area contributed by atoms with E-state index in [1.165, 1.54) is 49.8 Å². The van der Waals surface area contributed by atoms with Crippen molar-refractivity contribution in [2.45, 2.75) is 96.4 Å². The molecule has 5 rings (SSSR count). The molecule has 5 N–H and O–H groups in total. The number of carbonyl (C=O) groups is 9. The fourth-order valence-corrected chi connectivity index (χ4v) is 8.66. The highest BCUT2D eigenvalue weighted by Gasteiger charge is 2.36. The lowest BCUT2D eigenvalue weighted by Crippen LogP contribution is -3.00. The van der Waals surface area contributed by atoms with E-state index in [4.69, 9.17) is 33.2 Å². The molecule has 0 radical (unpaired) electrons. The molecule has 0 spiro atoms. The average Bonchev–Trinajstić information content (AvgIpc) is 4.06. The van der Waals surface area contributed by atoms with Crippen LogP contribution in [0.25, 0.3) is 6.08 Å². The molecule has 0 saturated carbocycles. The molecule has 1 amide bonds. The van der Waals surface area contributed by atoms with E-state index in [-0.39, 0.29) is 125 Å². The van der Waals surface area contributed by atoms with Crippen LogP contribution >= 0.6 is 0 Å². The summed E-state index contributed by atoms with van der Waals surface area (Å²) in [6, 6.07) is 0. The zero-order valence-electron chi connectivity index (χ0n) is 40.2. The first kappa shape index (κ1) is 55.5. The number of fused-ring (bicyclic) bond motifs is 1. The number of rotatable bonds is 24. The van der Waals surface area contributed by atoms with Crippen LogP contribution < -0.4 is 27.3 Å². The van der Waals surface area contributed by atoms with Gasteiger partial charge in [-0.15, -0.1) is 0 Å². The van der Waals surface area contributed by atoms with Gasteiger partial charge < -0.3 is 70.4 Å². The lowest BCUT2D eigenvalue weighted by Gasteiger charge is -2.14. The predicted octanol–water partition coefficient (Wildman–Crippen LogP) is -2.07. The first-order chi connectivity index (χ1) is 33.1. The highest BCUT2D eigenvalue weighted by Crippen LogP contribution is 2.33. The normalized spacial score (nSPS) is 13.4. The number of hydrogen-bond donors (Lipinski definition) is 5. The maximum Gasteiger partial charge on any atom is 0.310 e. The molecule has 70 heavy (non-hydrogen) atoms. The van der Waals surface area contributed by atoms with E-state index < -0.39 is 41.8 Å². The minimum absolute atomic E-state index is 0. The maximum absolute atomic E-state index is 13.2. The van der Waals surface area contributed by atoms with Crippen LogP contribution in [0.1, 0.15) is 111 Å². The summed E-state index contributed by atoms with van der Waals surface area (Å²) in [4.78, 5) is 128. The molecule has 0 unspecified atom stereocenters. The van der Waals surface area contributed by atoms with Gasteiger partial charge in [0.05, 0.1) is 94.1 Å². The highest BCUT2D eigenvalue weighted by atomic mass is 79.9. The smallest absolute Gasteiger partial charge is 0.310 e. The van der Waals surface area contributed by atoms with Crippen molar-refractivity contribution in [1.29, 1.82) is 0 Å². The number of aromatic amines is 3. The summed E-state index contributed by atoms with van der Waals surface area (Å²) < 4.78 is 35.0. The Hall–Kier alpha value is -7.10. The number of allylic oxidation sites excluding steroid dienone is 1. The van der Waals surface area contributed by atoms with Crippen molar-refractivity contribution in [3.8, 4) is 0 Å². The molecule has 3 aromatic heterocycles. The van der Waals surface area contributed by atoms with Gasteiger partial charge >= 0.3 is 41.8 Å². The van der Waals surface area contributed by atoms with Crippen molar-refractivity contribution in [3.05, 3.63) is 84.4 Å². The van der Waals surface area contributed by atoms with Crippen LogP contribution in [0, 0.1) is 0 Å². The standard InChI is InChI=1S/C48H57N5O16.BrH/c1-63-42(56)12-8-25-29-16-41(55)49-23-39(29)52-35(25)21-36-30(17-46(60)67-5)26(9-13-43(57)64-2)33(50-36)20-34-27(10-14-44(58)65-3)31(18-47(61)68-6)37(51-34)22-38-32(19-48(62)69-7)28(40(24-54)53-38)11-15-45(59)66-4;/h20,24,50,52-53H,8-19,21-23H2,1-7H3,(H,49,55);1H/b34-20+;. The first-order valence-electron chi connectivity index (χ1n) is 22.0. The van der Waals surface area contributed by atoms with Gasteiger partial charge in [-0.25, -0.2) is 4.99 Å². The summed E-state index contributed by atoms with van der Waals surface area (Å²) in [5, 5.41) is 2.84. The van der Waals surface area contributed by atoms with Gasteiger partial charge in [0.2, 0.25) is 11.6 Å². The van der Waals surface area contributed by atoms with Crippen LogP contribution in [-0.2, 0) is 129 Å². The monoisotopic (exact) mass is 1040 g/mol. The summed E-state index contributed by atoms with van der Waals surface area (Å²) in [5.74, 6) is -4.05. The number of hydrogen-bond acceptors (Lipinski definition) is 16. The fourth-order valence-electron chi connectivity index (χ4n) is 8.66. The van der Waals surface area contributed by atoms with Gasteiger partial charge in [0.1, 0.15) is 0 Å². The van der Waals surface area contributed by atoms with Gasteiger partial charge in [-0.1, -0.05) is 0 Å². The number of methoxy groups -OCH3 is 7. The zero-order chi connectivity index (χ0) is 50.4. The minimum Gasteiger partial charge on any atom is -1.00 e. The van der Waals surface area contributed by atoms with Gasteiger partial charge in [0.25, 0.3) is 0 Å². The molecule has 0 aliphatic carbocycles. The number of ether oxygens (including phenoxy) is 7. The summed E-state index contributed by atoms with van der Waals surface area (Å²) in [5.41, 5.74) is 8.10. The molecule has 0 atom stereocenters. The Bertz CT molecular complexity index is 2610. The van der Waals surface area contributed by atoms with Crippen LogP contribution in [-0.4, -0.2) is 124 Å². The molecule has 0 bridgehead atoms. The van der Waals surface area contributed by atoms with E-state index >= 15 is 0 Å². The number of aromatic nitrogens is 3. The third-order valence-corrected chi connectivity index (χ3v) is 12.2. The number of nitrogens with one attached hydrogen (secondary N) is 5. The summed E-state index contributed by atoms with van der Waals surface area (Å²) in [6.07, 6.45) is 1.90. The topological polar surface area (TPSA) is 292 Å². The van der Waals surface area contributed by atoms with E-state index in [1.807, 2.05) is 0 Å².